The number of aromatic amines is 1. The zero-order valence-electron chi connectivity index (χ0n) is 19.1. The van der Waals surface area contributed by atoms with Crippen LogP contribution in [-0.4, -0.2) is 32.3 Å². The molecule has 1 atom stereocenters. The molecule has 4 aromatic heterocycles. The summed E-state index contributed by atoms with van der Waals surface area (Å²) < 4.78 is 53.8. The van der Waals surface area contributed by atoms with Crippen molar-refractivity contribution in [2.75, 3.05) is 5.32 Å². The number of pyridine rings is 3. The first-order valence-electron chi connectivity index (χ1n) is 11.3. The lowest BCUT2D eigenvalue weighted by molar-refractivity contribution is -0.118. The lowest BCUT2D eigenvalue weighted by Gasteiger charge is -2.17. The van der Waals surface area contributed by atoms with Gasteiger partial charge in [0.1, 0.15) is 17.2 Å². The zero-order chi connectivity index (χ0) is 25.9. The molecule has 0 bridgehead atoms. The molecule has 0 fully saturated rings. The molecule has 1 aromatic carbocycles. The van der Waals surface area contributed by atoms with Gasteiger partial charge in [0.15, 0.2) is 0 Å². The molecule has 186 valence electrons. The lowest BCUT2D eigenvalue weighted by Crippen LogP contribution is -2.23. The highest BCUT2D eigenvalue weighted by molar-refractivity contribution is 6.01. The van der Waals surface area contributed by atoms with E-state index in [-0.39, 0.29) is 11.4 Å². The second-order valence-electron chi connectivity index (χ2n) is 8.27. The smallest absolute Gasteiger partial charge is 0.239 e. The zero-order valence-corrected chi connectivity index (χ0v) is 19.1. The SMILES string of the molecule is O=C(Nc1cc(-c2[nH]c3ccc(F)nc3c2-c2ccccn2)ccn1)[C@@H](CC(F)F)c1ccc(F)cc1. The molecule has 0 saturated heterocycles. The molecule has 1 amide bonds. The highest BCUT2D eigenvalue weighted by atomic mass is 19.3. The van der Waals surface area contributed by atoms with Crippen LogP contribution in [0.25, 0.3) is 33.5 Å². The van der Waals surface area contributed by atoms with Gasteiger partial charge in [-0.05, 0) is 54.1 Å². The minimum atomic E-state index is -2.75. The van der Waals surface area contributed by atoms with Crippen molar-refractivity contribution < 1.29 is 22.4 Å². The van der Waals surface area contributed by atoms with E-state index >= 15 is 0 Å². The van der Waals surface area contributed by atoms with Crippen LogP contribution in [0.1, 0.15) is 17.9 Å². The van der Waals surface area contributed by atoms with E-state index in [1.165, 1.54) is 24.4 Å². The number of anilines is 1. The van der Waals surface area contributed by atoms with Gasteiger partial charge in [0.25, 0.3) is 0 Å². The van der Waals surface area contributed by atoms with Gasteiger partial charge in [-0.2, -0.15) is 4.39 Å². The first-order chi connectivity index (χ1) is 17.9. The quantitative estimate of drug-likeness (QED) is 0.200. The summed E-state index contributed by atoms with van der Waals surface area (Å²) in [6, 6.07) is 16.2. The van der Waals surface area contributed by atoms with Gasteiger partial charge in [0, 0.05) is 24.4 Å². The maximum Gasteiger partial charge on any atom is 0.239 e. The molecule has 0 aliphatic heterocycles. The normalized spacial score (nSPS) is 12.1. The van der Waals surface area contributed by atoms with Crippen LogP contribution in [0.15, 0.2) is 79.1 Å². The van der Waals surface area contributed by atoms with Crippen LogP contribution < -0.4 is 5.32 Å². The number of fused-ring (bicyclic) bond motifs is 1. The van der Waals surface area contributed by atoms with Crippen molar-refractivity contribution >= 4 is 22.8 Å². The Morgan fingerprint density at radius 3 is 2.49 bits per heavy atom. The van der Waals surface area contributed by atoms with E-state index in [1.807, 2.05) is 0 Å². The Kier molecular flexibility index (Phi) is 6.63. The molecule has 5 aromatic rings. The predicted octanol–water partition coefficient (Wildman–Crippen LogP) is 6.34. The maximum absolute atomic E-state index is 14.0. The van der Waals surface area contributed by atoms with Crippen molar-refractivity contribution in [1.29, 1.82) is 0 Å². The molecule has 2 N–H and O–H groups in total. The second-order valence-corrected chi connectivity index (χ2v) is 8.27. The number of alkyl halides is 2. The van der Waals surface area contributed by atoms with E-state index in [0.717, 1.165) is 12.1 Å². The molecule has 0 saturated carbocycles. The Balaban J connectivity index is 1.52. The maximum atomic E-state index is 14.0. The molecule has 6 nitrogen and oxygen atoms in total. The summed E-state index contributed by atoms with van der Waals surface area (Å²) in [6.45, 7) is 0. The number of carbonyl (C=O) groups is 1. The van der Waals surface area contributed by atoms with Gasteiger partial charge in [0.05, 0.1) is 28.4 Å². The third-order valence-corrected chi connectivity index (χ3v) is 5.83. The minimum Gasteiger partial charge on any atom is -0.353 e. The molecule has 5 rings (SSSR count). The van der Waals surface area contributed by atoms with Gasteiger partial charge in [0.2, 0.25) is 18.3 Å². The van der Waals surface area contributed by atoms with Crippen LogP contribution in [0.5, 0.6) is 0 Å². The molecule has 0 spiro atoms. The van der Waals surface area contributed by atoms with Gasteiger partial charge < -0.3 is 10.3 Å². The van der Waals surface area contributed by atoms with E-state index < -0.39 is 36.4 Å². The Labute approximate surface area is 208 Å². The number of nitrogens with zero attached hydrogens (tertiary/aromatic N) is 3. The summed E-state index contributed by atoms with van der Waals surface area (Å²) in [5.74, 6) is -2.99. The van der Waals surface area contributed by atoms with E-state index in [0.29, 0.717) is 33.5 Å². The van der Waals surface area contributed by atoms with Crippen molar-refractivity contribution in [2.24, 2.45) is 0 Å². The number of H-pyrrole nitrogens is 1. The third kappa shape index (κ3) is 5.18. The van der Waals surface area contributed by atoms with E-state index in [1.54, 1.807) is 42.6 Å². The molecule has 0 aliphatic rings. The molecular weight excluding hydrogens is 486 g/mol. The Bertz CT molecular complexity index is 1550. The number of hydrogen-bond acceptors (Lipinski definition) is 4. The second kappa shape index (κ2) is 10.2. The summed E-state index contributed by atoms with van der Waals surface area (Å²) >= 11 is 0. The van der Waals surface area contributed by atoms with E-state index in [2.05, 4.69) is 25.3 Å². The van der Waals surface area contributed by atoms with Gasteiger partial charge in [-0.1, -0.05) is 18.2 Å². The number of rotatable bonds is 7. The van der Waals surface area contributed by atoms with Gasteiger partial charge >= 0.3 is 0 Å². The first kappa shape index (κ1) is 24.1. The number of aromatic nitrogens is 4. The fraction of sp³-hybridized carbons (Fsp3) is 0.111. The average Bonchev–Trinajstić information content (AvgIpc) is 3.27. The van der Waals surface area contributed by atoms with Crippen LogP contribution in [0.3, 0.4) is 0 Å². The summed E-state index contributed by atoms with van der Waals surface area (Å²) in [5, 5.41) is 2.59. The number of nitrogens with one attached hydrogen (secondary N) is 2. The topological polar surface area (TPSA) is 83.6 Å². The molecule has 10 heteroatoms. The Hall–Kier alpha value is -4.60. The van der Waals surface area contributed by atoms with Crippen LogP contribution in [-0.2, 0) is 4.79 Å². The van der Waals surface area contributed by atoms with Gasteiger partial charge in [-0.3, -0.25) is 9.78 Å². The fourth-order valence-electron chi connectivity index (χ4n) is 4.15. The van der Waals surface area contributed by atoms with Crippen molar-refractivity contribution in [3.05, 3.63) is 96.5 Å². The van der Waals surface area contributed by atoms with Crippen LogP contribution in [0.4, 0.5) is 23.4 Å². The Morgan fingerprint density at radius 1 is 0.946 bits per heavy atom. The number of halogens is 4. The van der Waals surface area contributed by atoms with Gasteiger partial charge in [-0.25, -0.2) is 23.1 Å². The van der Waals surface area contributed by atoms with Crippen LogP contribution in [0.2, 0.25) is 0 Å². The standard InChI is InChI=1S/C27H19F4N5O/c28-17-6-4-15(5-7-17)18(14-21(29)30)27(37)36-23-13-16(10-12-33-23)25-24(19-3-1-2-11-32-19)26-20(34-25)8-9-22(31)35-26/h1-13,18,21,34H,14H2,(H,33,36,37)/t18-/m0/s1. The van der Waals surface area contributed by atoms with Crippen LogP contribution in [0, 0.1) is 11.8 Å². The minimum absolute atomic E-state index is 0.119. The van der Waals surface area contributed by atoms with Crippen molar-refractivity contribution in [3.63, 3.8) is 0 Å². The van der Waals surface area contributed by atoms with Crippen LogP contribution >= 0.6 is 0 Å². The molecule has 0 unspecified atom stereocenters. The van der Waals surface area contributed by atoms with Crippen molar-refractivity contribution in [2.45, 2.75) is 18.8 Å². The van der Waals surface area contributed by atoms with Crippen molar-refractivity contribution in [3.8, 4) is 22.5 Å². The molecule has 37 heavy (non-hydrogen) atoms. The predicted molar refractivity (Wildman–Crippen MR) is 131 cm³/mol. The number of hydrogen-bond donors (Lipinski definition) is 2. The fourth-order valence-corrected chi connectivity index (χ4v) is 4.15. The number of amides is 1. The highest BCUT2D eigenvalue weighted by Gasteiger charge is 2.26. The number of benzene rings is 1. The molecular formula is C27H19F4N5O. The molecule has 0 aliphatic carbocycles. The summed E-state index contributed by atoms with van der Waals surface area (Å²) in [7, 11) is 0. The summed E-state index contributed by atoms with van der Waals surface area (Å²) in [4.78, 5) is 28.8. The molecule has 0 radical (unpaired) electrons. The van der Waals surface area contributed by atoms with Crippen molar-refractivity contribution in [1.82, 2.24) is 19.9 Å². The third-order valence-electron chi connectivity index (χ3n) is 5.83. The molecule has 4 heterocycles. The Morgan fingerprint density at radius 2 is 1.76 bits per heavy atom. The van der Waals surface area contributed by atoms with E-state index in [9.17, 15) is 22.4 Å². The highest BCUT2D eigenvalue weighted by Crippen LogP contribution is 2.37. The monoisotopic (exact) mass is 505 g/mol. The summed E-state index contributed by atoms with van der Waals surface area (Å²) in [6.07, 6.45) is -0.429. The first-order valence-corrected chi connectivity index (χ1v) is 11.3. The van der Waals surface area contributed by atoms with Gasteiger partial charge in [-0.15, -0.1) is 0 Å². The summed E-state index contributed by atoms with van der Waals surface area (Å²) in [5.41, 5.74) is 3.47. The lowest BCUT2D eigenvalue weighted by atomic mass is 9.95. The van der Waals surface area contributed by atoms with E-state index in [4.69, 9.17) is 0 Å². The number of carbonyl (C=O) groups excluding carboxylic acids is 1. The average molecular weight is 505 g/mol. The largest absolute Gasteiger partial charge is 0.353 e.